The number of sulfonamides is 1. The molecule has 0 bridgehead atoms. The van der Waals surface area contributed by atoms with E-state index in [1.165, 1.54) is 29.8 Å². The fraction of sp³-hybridized carbons (Fsp3) is 0.385. The molecule has 3 rings (SSSR count). The van der Waals surface area contributed by atoms with Gasteiger partial charge in [0.1, 0.15) is 0 Å². The third kappa shape index (κ3) is 4.24. The van der Waals surface area contributed by atoms with Gasteiger partial charge in [-0.15, -0.1) is 0 Å². The lowest BCUT2D eigenvalue weighted by Crippen LogP contribution is -2.51. The molecule has 25 heavy (non-hydrogen) atoms. The quantitative estimate of drug-likeness (QED) is 0.771. The number of amides is 1. The van der Waals surface area contributed by atoms with Crippen molar-refractivity contribution in [1.29, 1.82) is 0 Å². The Morgan fingerprint density at radius 2 is 2.20 bits per heavy atom. The number of carbonyl (C=O) groups excluding carboxylic acids is 1. The van der Waals surface area contributed by atoms with Crippen molar-refractivity contribution in [2.24, 2.45) is 5.92 Å². The number of ether oxygens (including phenoxy) is 1. The van der Waals surface area contributed by atoms with Crippen LogP contribution < -0.4 is 10.1 Å². The molecule has 1 amide bonds. The van der Waals surface area contributed by atoms with E-state index in [1.807, 2.05) is 0 Å². The van der Waals surface area contributed by atoms with Gasteiger partial charge in [-0.1, -0.05) is 22.9 Å². The average Bonchev–Trinajstić information content (AvgIpc) is 2.94. The van der Waals surface area contributed by atoms with Crippen molar-refractivity contribution >= 4 is 44.0 Å². The summed E-state index contributed by atoms with van der Waals surface area (Å²) < 4.78 is 31.9. The zero-order valence-corrected chi connectivity index (χ0v) is 15.4. The number of rotatable bonds is 6. The first-order valence-electron chi connectivity index (χ1n) is 7.18. The normalized spacial score (nSPS) is 15.6. The van der Waals surface area contributed by atoms with E-state index in [4.69, 9.17) is 16.3 Å². The molecular weight excluding hydrogens is 390 g/mol. The molecule has 0 atom stereocenters. The Bertz CT molecular complexity index is 882. The zero-order valence-electron chi connectivity index (χ0n) is 13.0. The predicted molar refractivity (Wildman–Crippen MR) is 91.2 cm³/mol. The summed E-state index contributed by atoms with van der Waals surface area (Å²) in [6.07, 6.45) is 4.09. The number of carbonyl (C=O) groups is 1. The monoisotopic (exact) mass is 403 g/mol. The van der Waals surface area contributed by atoms with E-state index < -0.39 is 10.0 Å². The van der Waals surface area contributed by atoms with Crippen molar-refractivity contribution in [3.63, 3.8) is 0 Å². The average molecular weight is 404 g/mol. The molecule has 1 saturated heterocycles. The van der Waals surface area contributed by atoms with Crippen molar-refractivity contribution in [3.05, 3.63) is 23.7 Å². The maximum Gasteiger partial charge on any atom is 0.254 e. The van der Waals surface area contributed by atoms with Crippen LogP contribution in [0.1, 0.15) is 6.92 Å². The van der Waals surface area contributed by atoms with Crippen molar-refractivity contribution < 1.29 is 17.9 Å². The van der Waals surface area contributed by atoms with Gasteiger partial charge in [0.05, 0.1) is 25.2 Å². The van der Waals surface area contributed by atoms with Crippen LogP contribution in [0, 0.1) is 5.92 Å². The summed E-state index contributed by atoms with van der Waals surface area (Å²) in [6, 6.07) is 0. The fourth-order valence-corrected chi connectivity index (χ4v) is 5.10. The molecule has 1 aliphatic heterocycles. The van der Waals surface area contributed by atoms with Gasteiger partial charge in [-0.05, 0) is 0 Å². The van der Waals surface area contributed by atoms with Crippen LogP contribution in [0.4, 0.5) is 5.13 Å². The summed E-state index contributed by atoms with van der Waals surface area (Å²) in [5.74, 6) is 0.0538. The third-order valence-corrected chi connectivity index (χ3v) is 6.70. The van der Waals surface area contributed by atoms with E-state index in [-0.39, 0.29) is 26.3 Å². The lowest BCUT2D eigenvalue weighted by molar-refractivity contribution is -0.114. The molecule has 0 spiro atoms. The smallest absolute Gasteiger partial charge is 0.254 e. The van der Waals surface area contributed by atoms with Crippen LogP contribution in [0.3, 0.4) is 0 Å². The Hall–Kier alpha value is -1.82. The molecule has 1 fully saturated rings. The summed E-state index contributed by atoms with van der Waals surface area (Å²) in [6.45, 7) is 2.33. The van der Waals surface area contributed by atoms with Crippen LogP contribution in [0.5, 0.6) is 5.88 Å². The Morgan fingerprint density at radius 3 is 2.88 bits per heavy atom. The number of thiazole rings is 1. The Kier molecular flexibility index (Phi) is 5.18. The molecule has 0 saturated carbocycles. The Labute approximate surface area is 153 Å². The van der Waals surface area contributed by atoms with Crippen LogP contribution in [-0.4, -0.2) is 53.3 Å². The lowest BCUT2D eigenvalue weighted by atomic mass is 10.1. The molecule has 1 aliphatic rings. The summed E-state index contributed by atoms with van der Waals surface area (Å²) in [5, 5.41) is 2.95. The van der Waals surface area contributed by atoms with Gasteiger partial charge in [-0.2, -0.15) is 9.29 Å². The first-order chi connectivity index (χ1) is 11.8. The van der Waals surface area contributed by atoms with Crippen LogP contribution >= 0.6 is 22.9 Å². The van der Waals surface area contributed by atoms with Gasteiger partial charge >= 0.3 is 0 Å². The summed E-state index contributed by atoms with van der Waals surface area (Å²) in [4.78, 5) is 22.7. The minimum Gasteiger partial charge on any atom is -0.476 e. The third-order valence-electron chi connectivity index (χ3n) is 3.34. The van der Waals surface area contributed by atoms with Gasteiger partial charge in [0.15, 0.2) is 14.5 Å². The van der Waals surface area contributed by atoms with Gasteiger partial charge < -0.3 is 10.1 Å². The number of hydrogen-bond donors (Lipinski definition) is 1. The zero-order chi connectivity index (χ0) is 18.0. The molecule has 2 aromatic heterocycles. The van der Waals surface area contributed by atoms with E-state index >= 15 is 0 Å². The molecule has 0 radical (unpaired) electrons. The largest absolute Gasteiger partial charge is 0.476 e. The second-order valence-electron chi connectivity index (χ2n) is 5.34. The fourth-order valence-electron chi connectivity index (χ4n) is 2.14. The lowest BCUT2D eigenvalue weighted by Gasteiger charge is -2.37. The summed E-state index contributed by atoms with van der Waals surface area (Å²) >= 11 is 6.64. The number of halogens is 1. The van der Waals surface area contributed by atoms with E-state index in [0.29, 0.717) is 25.6 Å². The number of hydrogen-bond acceptors (Lipinski definition) is 8. The minimum absolute atomic E-state index is 0.0540. The number of nitrogens with zero attached hydrogens (tertiary/aromatic N) is 4. The maximum atomic E-state index is 12.5. The van der Waals surface area contributed by atoms with Crippen LogP contribution in [0.25, 0.3) is 0 Å². The molecule has 9 nitrogen and oxygen atoms in total. The standard InChI is InChI=1S/C13H14ClN5O4S2/c1-8(20)17-13-16-4-12(24-13)25(21,22)19-5-9(6-19)7-23-11-3-15-2-10(14)18-11/h2-4,9H,5-7H2,1H3,(H,16,17,20). The van der Waals surface area contributed by atoms with E-state index in [9.17, 15) is 13.2 Å². The first kappa shape index (κ1) is 18.0. The number of aromatic nitrogens is 3. The molecule has 1 N–H and O–H groups in total. The Morgan fingerprint density at radius 1 is 1.44 bits per heavy atom. The molecule has 134 valence electrons. The second kappa shape index (κ2) is 7.20. The van der Waals surface area contributed by atoms with Crippen LogP contribution in [0.2, 0.25) is 5.15 Å². The highest BCUT2D eigenvalue weighted by atomic mass is 35.5. The number of nitrogens with one attached hydrogen (secondary N) is 1. The highest BCUT2D eigenvalue weighted by Gasteiger charge is 2.38. The highest BCUT2D eigenvalue weighted by molar-refractivity contribution is 7.91. The molecule has 12 heteroatoms. The van der Waals surface area contributed by atoms with Gasteiger partial charge in [0.25, 0.3) is 10.0 Å². The van der Waals surface area contributed by atoms with Crippen molar-refractivity contribution in [3.8, 4) is 5.88 Å². The van der Waals surface area contributed by atoms with Crippen molar-refractivity contribution in [1.82, 2.24) is 19.3 Å². The van der Waals surface area contributed by atoms with Crippen molar-refractivity contribution in [2.75, 3.05) is 25.0 Å². The molecule has 2 aromatic rings. The number of anilines is 1. The molecule has 3 heterocycles. The van der Waals surface area contributed by atoms with Gasteiger partial charge in [-0.3, -0.25) is 9.78 Å². The van der Waals surface area contributed by atoms with E-state index in [2.05, 4.69) is 20.3 Å². The molecule has 0 aromatic carbocycles. The SMILES string of the molecule is CC(=O)Nc1ncc(S(=O)(=O)N2CC(COc3cncc(Cl)n3)C2)s1. The van der Waals surface area contributed by atoms with E-state index in [1.54, 1.807) is 0 Å². The van der Waals surface area contributed by atoms with Gasteiger partial charge in [-0.25, -0.2) is 13.4 Å². The van der Waals surface area contributed by atoms with Gasteiger partial charge in [0, 0.05) is 25.9 Å². The summed E-state index contributed by atoms with van der Waals surface area (Å²) in [5.41, 5.74) is 0. The highest BCUT2D eigenvalue weighted by Crippen LogP contribution is 2.30. The molecule has 0 unspecified atom stereocenters. The molecular formula is C13H14ClN5O4S2. The second-order valence-corrected chi connectivity index (χ2v) is 8.93. The van der Waals surface area contributed by atoms with Crippen LogP contribution in [-0.2, 0) is 14.8 Å². The van der Waals surface area contributed by atoms with Gasteiger partial charge in [0.2, 0.25) is 11.8 Å². The maximum absolute atomic E-state index is 12.5. The van der Waals surface area contributed by atoms with Crippen LogP contribution in [0.15, 0.2) is 22.8 Å². The predicted octanol–water partition coefficient (Wildman–Crippen LogP) is 1.24. The van der Waals surface area contributed by atoms with Crippen molar-refractivity contribution in [2.45, 2.75) is 11.1 Å². The molecule has 0 aliphatic carbocycles. The summed E-state index contributed by atoms with van der Waals surface area (Å²) in [7, 11) is -3.61. The first-order valence-corrected chi connectivity index (χ1v) is 9.82. The minimum atomic E-state index is -3.61. The Balaban J connectivity index is 1.54. The topological polar surface area (TPSA) is 114 Å². The van der Waals surface area contributed by atoms with E-state index in [0.717, 1.165) is 11.3 Å².